The molecule has 0 aliphatic carbocycles. The number of nitrogens with zero attached hydrogens (tertiary/aromatic N) is 2. The van der Waals surface area contributed by atoms with E-state index in [-0.39, 0.29) is 0 Å². The summed E-state index contributed by atoms with van der Waals surface area (Å²) in [5, 5.41) is 4.54. The van der Waals surface area contributed by atoms with Crippen LogP contribution in [0, 0.1) is 6.92 Å². The van der Waals surface area contributed by atoms with Gasteiger partial charge < -0.3 is 0 Å². The fourth-order valence-electron chi connectivity index (χ4n) is 1.95. The predicted octanol–water partition coefficient (Wildman–Crippen LogP) is 6.44. The molecule has 0 spiro atoms. The van der Waals surface area contributed by atoms with Crippen molar-refractivity contribution in [2.24, 2.45) is 0 Å². The SMILES string of the molecule is CC.CC.CC.Cc1nn(Cc2ccccc2)cc1C(C)C. The van der Waals surface area contributed by atoms with E-state index in [9.17, 15) is 0 Å². The third kappa shape index (κ3) is 8.02. The number of aromatic nitrogens is 2. The highest BCUT2D eigenvalue weighted by molar-refractivity contribution is 5.21. The molecule has 0 atom stereocenters. The van der Waals surface area contributed by atoms with Crippen molar-refractivity contribution >= 4 is 0 Å². The minimum Gasteiger partial charge on any atom is -0.268 e. The molecule has 0 bridgehead atoms. The van der Waals surface area contributed by atoms with Crippen molar-refractivity contribution in [3.05, 3.63) is 53.3 Å². The van der Waals surface area contributed by atoms with E-state index >= 15 is 0 Å². The van der Waals surface area contributed by atoms with E-state index in [4.69, 9.17) is 0 Å². The van der Waals surface area contributed by atoms with Crippen LogP contribution in [-0.2, 0) is 6.54 Å². The van der Waals surface area contributed by atoms with E-state index in [0.717, 1.165) is 12.2 Å². The Morgan fingerprint density at radius 1 is 0.909 bits per heavy atom. The Labute approximate surface area is 138 Å². The van der Waals surface area contributed by atoms with Crippen LogP contribution in [0.1, 0.15) is 78.1 Å². The molecule has 0 amide bonds. The zero-order valence-electron chi connectivity index (χ0n) is 16.1. The van der Waals surface area contributed by atoms with Crippen LogP contribution in [0.15, 0.2) is 36.5 Å². The normalized spacial score (nSPS) is 8.82. The average Bonchev–Trinajstić information content (AvgIpc) is 2.95. The first-order chi connectivity index (χ1) is 10.7. The van der Waals surface area contributed by atoms with Gasteiger partial charge in [0.1, 0.15) is 0 Å². The summed E-state index contributed by atoms with van der Waals surface area (Å²) in [6, 6.07) is 10.4. The lowest BCUT2D eigenvalue weighted by Gasteiger charge is -2.01. The summed E-state index contributed by atoms with van der Waals surface area (Å²) in [5.74, 6) is 0.546. The molecule has 0 aliphatic heterocycles. The van der Waals surface area contributed by atoms with Gasteiger partial charge >= 0.3 is 0 Å². The number of hydrogen-bond donors (Lipinski definition) is 0. The average molecular weight is 305 g/mol. The van der Waals surface area contributed by atoms with Gasteiger partial charge in [-0.2, -0.15) is 5.10 Å². The summed E-state index contributed by atoms with van der Waals surface area (Å²) in [4.78, 5) is 0. The molecule has 2 rings (SSSR count). The fourth-order valence-corrected chi connectivity index (χ4v) is 1.95. The first-order valence-electron chi connectivity index (χ1n) is 8.74. The minimum atomic E-state index is 0.546. The van der Waals surface area contributed by atoms with Crippen molar-refractivity contribution in [2.75, 3.05) is 0 Å². The van der Waals surface area contributed by atoms with Gasteiger partial charge in [-0.25, -0.2) is 0 Å². The molecule has 0 N–H and O–H groups in total. The highest BCUT2D eigenvalue weighted by atomic mass is 15.3. The van der Waals surface area contributed by atoms with Gasteiger partial charge in [0.05, 0.1) is 12.2 Å². The standard InChI is InChI=1S/C14H18N2.3C2H6/c1-11(2)14-10-16(15-12(14)3)9-13-7-5-4-6-8-13;3*1-2/h4-8,10-11H,9H2,1-3H3;3*1-2H3. The van der Waals surface area contributed by atoms with Crippen LogP contribution in [0.25, 0.3) is 0 Å². The van der Waals surface area contributed by atoms with E-state index in [0.29, 0.717) is 5.92 Å². The third-order valence-electron chi connectivity index (χ3n) is 2.79. The lowest BCUT2D eigenvalue weighted by Crippen LogP contribution is -1.99. The molecule has 126 valence electrons. The van der Waals surface area contributed by atoms with Crippen molar-refractivity contribution in [1.29, 1.82) is 0 Å². The molecule has 0 radical (unpaired) electrons. The number of aryl methyl sites for hydroxylation is 1. The molecule has 2 heteroatoms. The summed E-state index contributed by atoms with van der Waals surface area (Å²) in [6.45, 7) is 19.3. The largest absolute Gasteiger partial charge is 0.268 e. The Morgan fingerprint density at radius 2 is 1.41 bits per heavy atom. The maximum atomic E-state index is 4.54. The van der Waals surface area contributed by atoms with Crippen LogP contribution < -0.4 is 0 Å². The summed E-state index contributed by atoms with van der Waals surface area (Å²) in [5.41, 5.74) is 3.78. The molecular weight excluding hydrogens is 268 g/mol. The summed E-state index contributed by atoms with van der Waals surface area (Å²) < 4.78 is 2.03. The van der Waals surface area contributed by atoms with Gasteiger partial charge in [0.15, 0.2) is 0 Å². The van der Waals surface area contributed by atoms with Gasteiger partial charge in [0, 0.05) is 6.20 Å². The molecule has 22 heavy (non-hydrogen) atoms. The smallest absolute Gasteiger partial charge is 0.0659 e. The zero-order chi connectivity index (χ0) is 17.5. The van der Waals surface area contributed by atoms with E-state index in [2.05, 4.69) is 56.3 Å². The summed E-state index contributed by atoms with van der Waals surface area (Å²) >= 11 is 0. The quantitative estimate of drug-likeness (QED) is 0.637. The van der Waals surface area contributed by atoms with Crippen LogP contribution in [0.3, 0.4) is 0 Å². The molecule has 1 aromatic carbocycles. The molecule has 2 aromatic rings. The van der Waals surface area contributed by atoms with Crippen molar-refractivity contribution in [3.63, 3.8) is 0 Å². The lowest BCUT2D eigenvalue weighted by molar-refractivity contribution is 0.679. The molecule has 0 unspecified atom stereocenters. The molecule has 0 fully saturated rings. The molecule has 0 saturated carbocycles. The Kier molecular flexibility index (Phi) is 14.8. The van der Waals surface area contributed by atoms with Crippen LogP contribution in [0.5, 0.6) is 0 Å². The monoisotopic (exact) mass is 304 g/mol. The molecular formula is C20H36N2. The number of rotatable bonds is 3. The summed E-state index contributed by atoms with van der Waals surface area (Å²) in [6.07, 6.45) is 2.16. The second-order valence-corrected chi connectivity index (χ2v) is 4.51. The molecule has 0 aliphatic rings. The predicted molar refractivity (Wildman–Crippen MR) is 101 cm³/mol. The first-order valence-corrected chi connectivity index (χ1v) is 8.74. The minimum absolute atomic E-state index is 0.546. The maximum Gasteiger partial charge on any atom is 0.0659 e. The maximum absolute atomic E-state index is 4.54. The Morgan fingerprint density at radius 3 is 1.82 bits per heavy atom. The zero-order valence-corrected chi connectivity index (χ0v) is 16.1. The lowest BCUT2D eigenvalue weighted by atomic mass is 10.1. The molecule has 1 heterocycles. The second kappa shape index (κ2) is 14.4. The Balaban J connectivity index is 0. The van der Waals surface area contributed by atoms with Crippen LogP contribution >= 0.6 is 0 Å². The number of benzene rings is 1. The van der Waals surface area contributed by atoms with E-state index in [1.54, 1.807) is 0 Å². The van der Waals surface area contributed by atoms with Gasteiger partial charge in [-0.3, -0.25) is 4.68 Å². The van der Waals surface area contributed by atoms with Crippen molar-refractivity contribution < 1.29 is 0 Å². The summed E-state index contributed by atoms with van der Waals surface area (Å²) in [7, 11) is 0. The van der Waals surface area contributed by atoms with Gasteiger partial charge in [0.25, 0.3) is 0 Å². The second-order valence-electron chi connectivity index (χ2n) is 4.51. The fraction of sp³-hybridized carbons (Fsp3) is 0.550. The molecule has 2 nitrogen and oxygen atoms in total. The van der Waals surface area contributed by atoms with E-state index < -0.39 is 0 Å². The molecule has 0 saturated heterocycles. The topological polar surface area (TPSA) is 17.8 Å². The van der Waals surface area contributed by atoms with E-state index in [1.165, 1.54) is 11.1 Å². The third-order valence-corrected chi connectivity index (χ3v) is 2.79. The van der Waals surface area contributed by atoms with Crippen LogP contribution in [0.4, 0.5) is 0 Å². The first kappa shape index (κ1) is 22.7. The van der Waals surface area contributed by atoms with Crippen LogP contribution in [-0.4, -0.2) is 9.78 Å². The highest BCUT2D eigenvalue weighted by Crippen LogP contribution is 2.17. The van der Waals surface area contributed by atoms with Gasteiger partial charge in [-0.05, 0) is 24.0 Å². The van der Waals surface area contributed by atoms with Gasteiger partial charge in [-0.1, -0.05) is 85.7 Å². The van der Waals surface area contributed by atoms with Gasteiger partial charge in [-0.15, -0.1) is 0 Å². The Bertz CT molecular complexity index is 456. The van der Waals surface area contributed by atoms with Crippen molar-refractivity contribution in [1.82, 2.24) is 9.78 Å². The van der Waals surface area contributed by atoms with Crippen molar-refractivity contribution in [3.8, 4) is 0 Å². The van der Waals surface area contributed by atoms with Crippen molar-refractivity contribution in [2.45, 2.75) is 74.8 Å². The molecule has 1 aromatic heterocycles. The number of hydrogen-bond acceptors (Lipinski definition) is 1. The van der Waals surface area contributed by atoms with E-state index in [1.807, 2.05) is 52.3 Å². The van der Waals surface area contributed by atoms with Gasteiger partial charge in [0.2, 0.25) is 0 Å². The van der Waals surface area contributed by atoms with Crippen LogP contribution in [0.2, 0.25) is 0 Å². The Hall–Kier alpha value is -1.57. The highest BCUT2D eigenvalue weighted by Gasteiger charge is 2.08.